The summed E-state index contributed by atoms with van der Waals surface area (Å²) >= 11 is 6.91. The van der Waals surface area contributed by atoms with E-state index in [1.165, 1.54) is 36.3 Å². The van der Waals surface area contributed by atoms with Crippen molar-refractivity contribution in [1.29, 1.82) is 0 Å². The molecule has 0 saturated carbocycles. The molecule has 2 aromatic heterocycles. The summed E-state index contributed by atoms with van der Waals surface area (Å²) in [4.78, 5) is 20.3. The van der Waals surface area contributed by atoms with E-state index in [0.29, 0.717) is 28.4 Å². The number of thioether (sulfide) groups is 1. The number of aromatic nitrogens is 5. The number of nitrogens with zero attached hydrogens (tertiary/aromatic N) is 5. The maximum atomic E-state index is 13.1. The maximum Gasteiger partial charge on any atom is 0.234 e. The van der Waals surface area contributed by atoms with Crippen molar-refractivity contribution in [3.63, 3.8) is 0 Å². The standard InChI is InChI=1S/C14H12ClFN6OS/c1-2-22-13-12(20-21-22)14(18-7-17-13)24-6-11(23)19-8-3-4-10(16)9(15)5-8/h3-5,7H,2,6H2,1H3,(H,19,23). The molecule has 0 aliphatic rings. The number of hydrogen-bond acceptors (Lipinski definition) is 6. The van der Waals surface area contributed by atoms with Crippen LogP contribution in [0.25, 0.3) is 11.2 Å². The number of halogens is 2. The van der Waals surface area contributed by atoms with E-state index in [-0.39, 0.29) is 16.7 Å². The van der Waals surface area contributed by atoms with E-state index in [9.17, 15) is 9.18 Å². The lowest BCUT2D eigenvalue weighted by molar-refractivity contribution is -0.113. The zero-order valence-electron chi connectivity index (χ0n) is 12.5. The summed E-state index contributed by atoms with van der Waals surface area (Å²) in [6.07, 6.45) is 1.41. The van der Waals surface area contributed by atoms with Gasteiger partial charge in [0.15, 0.2) is 11.2 Å². The lowest BCUT2D eigenvalue weighted by Gasteiger charge is -2.06. The van der Waals surface area contributed by atoms with Crippen molar-refractivity contribution in [3.05, 3.63) is 35.4 Å². The second-order valence-electron chi connectivity index (χ2n) is 4.72. The van der Waals surface area contributed by atoms with E-state index in [1.807, 2.05) is 6.92 Å². The van der Waals surface area contributed by atoms with Gasteiger partial charge in [-0.3, -0.25) is 4.79 Å². The first-order chi connectivity index (χ1) is 11.6. The zero-order valence-corrected chi connectivity index (χ0v) is 14.1. The monoisotopic (exact) mass is 366 g/mol. The number of rotatable bonds is 5. The van der Waals surface area contributed by atoms with Gasteiger partial charge in [-0.15, -0.1) is 5.10 Å². The molecule has 0 unspecified atom stereocenters. The lowest BCUT2D eigenvalue weighted by Crippen LogP contribution is -2.14. The molecule has 1 aromatic carbocycles. The highest BCUT2D eigenvalue weighted by atomic mass is 35.5. The normalized spacial score (nSPS) is 11.0. The third-order valence-electron chi connectivity index (χ3n) is 3.11. The number of hydrogen-bond donors (Lipinski definition) is 1. The molecule has 24 heavy (non-hydrogen) atoms. The Kier molecular flexibility index (Phi) is 4.91. The van der Waals surface area contributed by atoms with Gasteiger partial charge in [0.05, 0.1) is 10.8 Å². The van der Waals surface area contributed by atoms with Gasteiger partial charge < -0.3 is 5.32 Å². The van der Waals surface area contributed by atoms with Gasteiger partial charge in [-0.25, -0.2) is 19.0 Å². The third kappa shape index (κ3) is 3.46. The largest absolute Gasteiger partial charge is 0.325 e. The molecule has 0 fully saturated rings. The van der Waals surface area contributed by atoms with Crippen LogP contribution in [0.5, 0.6) is 0 Å². The summed E-state index contributed by atoms with van der Waals surface area (Å²) in [5, 5.41) is 11.2. The molecule has 10 heteroatoms. The van der Waals surface area contributed by atoms with Gasteiger partial charge in [-0.05, 0) is 25.1 Å². The molecule has 1 N–H and O–H groups in total. The van der Waals surface area contributed by atoms with Gasteiger partial charge in [0.2, 0.25) is 5.91 Å². The highest BCUT2D eigenvalue weighted by Gasteiger charge is 2.13. The molecule has 3 aromatic rings. The molecule has 0 saturated heterocycles. The van der Waals surface area contributed by atoms with E-state index in [4.69, 9.17) is 11.6 Å². The predicted molar refractivity (Wildman–Crippen MR) is 89.6 cm³/mol. The quantitative estimate of drug-likeness (QED) is 0.552. The van der Waals surface area contributed by atoms with E-state index in [1.54, 1.807) is 4.68 Å². The highest BCUT2D eigenvalue weighted by Crippen LogP contribution is 2.23. The average Bonchev–Trinajstić information content (AvgIpc) is 3.00. The number of nitrogens with one attached hydrogen (secondary N) is 1. The van der Waals surface area contributed by atoms with Crippen LogP contribution < -0.4 is 5.32 Å². The number of carbonyl (C=O) groups is 1. The molecule has 0 spiro atoms. The second kappa shape index (κ2) is 7.10. The Bertz CT molecular complexity index is 902. The van der Waals surface area contributed by atoms with Crippen molar-refractivity contribution in [2.75, 3.05) is 11.1 Å². The van der Waals surface area contributed by atoms with Crippen LogP contribution >= 0.6 is 23.4 Å². The summed E-state index contributed by atoms with van der Waals surface area (Å²) in [5.74, 6) is -0.691. The molecular formula is C14H12ClFN6OS. The number of carbonyl (C=O) groups excluding carboxylic acids is 1. The fourth-order valence-electron chi connectivity index (χ4n) is 1.99. The van der Waals surface area contributed by atoms with Crippen LogP contribution in [-0.4, -0.2) is 36.6 Å². The highest BCUT2D eigenvalue weighted by molar-refractivity contribution is 8.00. The topological polar surface area (TPSA) is 85.6 Å². The summed E-state index contributed by atoms with van der Waals surface area (Å²) in [6, 6.07) is 4.00. The smallest absolute Gasteiger partial charge is 0.234 e. The minimum Gasteiger partial charge on any atom is -0.325 e. The molecular weight excluding hydrogens is 355 g/mol. The maximum absolute atomic E-state index is 13.1. The van der Waals surface area contributed by atoms with Gasteiger partial charge in [0, 0.05) is 12.2 Å². The van der Waals surface area contributed by atoms with Crippen molar-refractivity contribution in [2.24, 2.45) is 0 Å². The summed E-state index contributed by atoms with van der Waals surface area (Å²) in [7, 11) is 0. The molecule has 0 atom stereocenters. The number of fused-ring (bicyclic) bond motifs is 1. The van der Waals surface area contributed by atoms with Gasteiger partial charge in [0.1, 0.15) is 17.2 Å². The van der Waals surface area contributed by atoms with Crippen LogP contribution in [0.2, 0.25) is 5.02 Å². The van der Waals surface area contributed by atoms with Crippen molar-refractivity contribution in [3.8, 4) is 0 Å². The van der Waals surface area contributed by atoms with Gasteiger partial charge in [-0.2, -0.15) is 0 Å². The van der Waals surface area contributed by atoms with Gasteiger partial charge in [0.25, 0.3) is 0 Å². The Labute approximate surface area is 145 Å². The zero-order chi connectivity index (χ0) is 17.1. The van der Waals surface area contributed by atoms with Gasteiger partial charge in [-0.1, -0.05) is 28.6 Å². The molecule has 2 heterocycles. The van der Waals surface area contributed by atoms with Crippen LogP contribution in [0.1, 0.15) is 6.92 Å². The fourth-order valence-corrected chi connectivity index (χ4v) is 2.91. The molecule has 3 rings (SSSR count). The van der Waals surface area contributed by atoms with E-state index < -0.39 is 5.82 Å². The number of benzene rings is 1. The van der Waals surface area contributed by atoms with Gasteiger partial charge >= 0.3 is 0 Å². The van der Waals surface area contributed by atoms with Crippen LogP contribution in [-0.2, 0) is 11.3 Å². The van der Waals surface area contributed by atoms with Crippen LogP contribution in [0.15, 0.2) is 29.6 Å². The molecule has 7 nitrogen and oxygen atoms in total. The van der Waals surface area contributed by atoms with Crippen molar-refractivity contribution < 1.29 is 9.18 Å². The van der Waals surface area contributed by atoms with Crippen molar-refractivity contribution >= 4 is 46.1 Å². The second-order valence-corrected chi connectivity index (χ2v) is 6.09. The Morgan fingerprint density at radius 1 is 1.42 bits per heavy atom. The summed E-state index contributed by atoms with van der Waals surface area (Å²) < 4.78 is 14.8. The third-order valence-corrected chi connectivity index (χ3v) is 4.38. The summed E-state index contributed by atoms with van der Waals surface area (Å²) in [5.41, 5.74) is 1.61. The SMILES string of the molecule is CCn1nnc2c(SCC(=O)Nc3ccc(F)c(Cl)c3)ncnc21. The minimum atomic E-state index is -0.536. The van der Waals surface area contributed by atoms with E-state index in [2.05, 4.69) is 25.6 Å². The Morgan fingerprint density at radius 2 is 2.25 bits per heavy atom. The number of amides is 1. The van der Waals surface area contributed by atoms with Crippen LogP contribution in [0.4, 0.5) is 10.1 Å². The first kappa shape index (κ1) is 16.6. The first-order valence-electron chi connectivity index (χ1n) is 7.00. The predicted octanol–water partition coefficient (Wildman–Crippen LogP) is 2.76. The molecule has 0 aliphatic carbocycles. The molecule has 0 aliphatic heterocycles. The van der Waals surface area contributed by atoms with E-state index in [0.717, 1.165) is 0 Å². The molecule has 0 radical (unpaired) electrons. The van der Waals surface area contributed by atoms with Crippen LogP contribution in [0, 0.1) is 5.82 Å². The van der Waals surface area contributed by atoms with Crippen molar-refractivity contribution in [2.45, 2.75) is 18.5 Å². The summed E-state index contributed by atoms with van der Waals surface area (Å²) in [6.45, 7) is 2.58. The molecule has 1 amide bonds. The Hall–Kier alpha value is -2.26. The average molecular weight is 367 g/mol. The molecule has 0 bridgehead atoms. The Balaban J connectivity index is 1.68. The van der Waals surface area contributed by atoms with Crippen molar-refractivity contribution in [1.82, 2.24) is 25.0 Å². The lowest BCUT2D eigenvalue weighted by atomic mass is 10.3. The first-order valence-corrected chi connectivity index (χ1v) is 8.36. The number of aryl methyl sites for hydroxylation is 1. The van der Waals surface area contributed by atoms with E-state index >= 15 is 0 Å². The van der Waals surface area contributed by atoms with Crippen LogP contribution in [0.3, 0.4) is 0 Å². The number of anilines is 1. The molecule has 124 valence electrons. The fraction of sp³-hybridized carbons (Fsp3) is 0.214. The Morgan fingerprint density at radius 3 is 3.00 bits per heavy atom. The minimum absolute atomic E-state index is 0.0471.